The number of hydrogen-bond donors (Lipinski definition) is 1. The van der Waals surface area contributed by atoms with Crippen LogP contribution >= 0.6 is 0 Å². The fourth-order valence-corrected chi connectivity index (χ4v) is 4.08. The Hall–Kier alpha value is -2.12. The summed E-state index contributed by atoms with van der Waals surface area (Å²) in [6.07, 6.45) is 2.06. The van der Waals surface area contributed by atoms with Gasteiger partial charge in [-0.15, -0.1) is 0 Å². The van der Waals surface area contributed by atoms with Crippen molar-refractivity contribution in [3.05, 3.63) is 29.8 Å². The Kier molecular flexibility index (Phi) is 7.28. The van der Waals surface area contributed by atoms with Gasteiger partial charge in [-0.05, 0) is 37.5 Å². The maximum Gasteiger partial charge on any atom is 0.237 e. The van der Waals surface area contributed by atoms with E-state index in [-0.39, 0.29) is 17.9 Å². The van der Waals surface area contributed by atoms with Crippen molar-refractivity contribution in [3.8, 4) is 5.75 Å². The Balaban J connectivity index is 1.49. The maximum atomic E-state index is 12.9. The lowest BCUT2D eigenvalue weighted by molar-refractivity contribution is -0.134. The summed E-state index contributed by atoms with van der Waals surface area (Å²) in [7, 11) is 1.66. The summed E-state index contributed by atoms with van der Waals surface area (Å²) in [6.45, 7) is 7.63. The third kappa shape index (κ3) is 5.23. The molecule has 1 aromatic carbocycles. The maximum absolute atomic E-state index is 12.9. The van der Waals surface area contributed by atoms with Crippen molar-refractivity contribution in [2.24, 2.45) is 0 Å². The SMILES string of the molecule is CCNC(=O)CN1CCN(CC(=O)N2CCCC2c2ccc(OC)cc2)CC1. The summed E-state index contributed by atoms with van der Waals surface area (Å²) >= 11 is 0. The average Bonchev–Trinajstić information content (AvgIpc) is 3.20. The van der Waals surface area contributed by atoms with Crippen LogP contribution in [0.5, 0.6) is 5.75 Å². The van der Waals surface area contributed by atoms with Gasteiger partial charge in [-0.3, -0.25) is 19.4 Å². The Bertz CT molecular complexity index is 656. The molecule has 7 heteroatoms. The molecule has 0 aromatic heterocycles. The monoisotopic (exact) mass is 388 g/mol. The summed E-state index contributed by atoms with van der Waals surface area (Å²) in [5.74, 6) is 1.12. The van der Waals surface area contributed by atoms with Crippen LogP contribution in [0, 0.1) is 0 Å². The first-order chi connectivity index (χ1) is 13.6. The molecule has 0 aliphatic carbocycles. The molecule has 2 heterocycles. The molecule has 0 bridgehead atoms. The number of likely N-dealkylation sites (tertiary alicyclic amines) is 1. The second-order valence-electron chi connectivity index (χ2n) is 7.52. The molecule has 1 unspecified atom stereocenters. The van der Waals surface area contributed by atoms with Crippen molar-refractivity contribution in [1.82, 2.24) is 20.0 Å². The Labute approximate surface area is 167 Å². The Morgan fingerprint density at radius 1 is 1.04 bits per heavy atom. The zero-order chi connectivity index (χ0) is 19.9. The number of ether oxygens (including phenoxy) is 1. The van der Waals surface area contributed by atoms with E-state index in [2.05, 4.69) is 27.2 Å². The normalized spacial score (nSPS) is 20.9. The highest BCUT2D eigenvalue weighted by molar-refractivity contribution is 5.79. The smallest absolute Gasteiger partial charge is 0.237 e. The van der Waals surface area contributed by atoms with Crippen LogP contribution < -0.4 is 10.1 Å². The number of carbonyl (C=O) groups is 2. The number of benzene rings is 1. The summed E-state index contributed by atoms with van der Waals surface area (Å²) < 4.78 is 5.24. The lowest BCUT2D eigenvalue weighted by Gasteiger charge is -2.35. The molecule has 0 radical (unpaired) electrons. The highest BCUT2D eigenvalue weighted by Gasteiger charge is 2.31. The van der Waals surface area contributed by atoms with E-state index in [1.807, 2.05) is 24.0 Å². The molecular weight excluding hydrogens is 356 g/mol. The second-order valence-corrected chi connectivity index (χ2v) is 7.52. The van der Waals surface area contributed by atoms with Crippen molar-refractivity contribution in [3.63, 3.8) is 0 Å². The number of hydrogen-bond acceptors (Lipinski definition) is 5. The van der Waals surface area contributed by atoms with Crippen LogP contribution in [0.4, 0.5) is 0 Å². The van der Waals surface area contributed by atoms with E-state index >= 15 is 0 Å². The third-order valence-electron chi connectivity index (χ3n) is 5.64. The lowest BCUT2D eigenvalue weighted by atomic mass is 10.0. The highest BCUT2D eigenvalue weighted by atomic mass is 16.5. The number of amides is 2. The van der Waals surface area contributed by atoms with Gasteiger partial charge in [0.05, 0.1) is 26.2 Å². The minimum absolute atomic E-state index is 0.0754. The Morgan fingerprint density at radius 2 is 1.68 bits per heavy atom. The van der Waals surface area contributed by atoms with Crippen molar-refractivity contribution in [1.29, 1.82) is 0 Å². The average molecular weight is 389 g/mol. The van der Waals surface area contributed by atoms with E-state index in [9.17, 15) is 9.59 Å². The molecule has 1 aromatic rings. The standard InChI is InChI=1S/C21H32N4O3/c1-3-22-20(26)15-23-11-13-24(14-12-23)16-21(27)25-10-4-5-19(25)17-6-8-18(28-2)9-7-17/h6-9,19H,3-5,10-16H2,1-2H3,(H,22,26). The molecular formula is C21H32N4O3. The fraction of sp³-hybridized carbons (Fsp3) is 0.619. The number of rotatable bonds is 7. The van der Waals surface area contributed by atoms with Crippen LogP contribution in [-0.4, -0.2) is 86.0 Å². The van der Waals surface area contributed by atoms with Gasteiger partial charge in [-0.1, -0.05) is 12.1 Å². The van der Waals surface area contributed by atoms with Gasteiger partial charge in [-0.25, -0.2) is 0 Å². The molecule has 154 valence electrons. The van der Waals surface area contributed by atoms with E-state index in [0.29, 0.717) is 19.6 Å². The molecule has 2 fully saturated rings. The molecule has 7 nitrogen and oxygen atoms in total. The summed E-state index contributed by atoms with van der Waals surface area (Å²) in [5, 5.41) is 2.84. The molecule has 3 rings (SSSR count). The molecule has 28 heavy (non-hydrogen) atoms. The predicted octanol–water partition coefficient (Wildman–Crippen LogP) is 1.11. The third-order valence-corrected chi connectivity index (χ3v) is 5.64. The molecule has 2 aliphatic rings. The van der Waals surface area contributed by atoms with Crippen LogP contribution in [0.15, 0.2) is 24.3 Å². The van der Waals surface area contributed by atoms with E-state index in [1.165, 1.54) is 5.56 Å². The summed E-state index contributed by atoms with van der Waals surface area (Å²) in [4.78, 5) is 31.1. The number of nitrogens with zero attached hydrogens (tertiary/aromatic N) is 3. The van der Waals surface area contributed by atoms with Gasteiger partial charge < -0.3 is 15.0 Å². The van der Waals surface area contributed by atoms with Gasteiger partial charge >= 0.3 is 0 Å². The van der Waals surface area contributed by atoms with Crippen LogP contribution in [0.1, 0.15) is 31.4 Å². The largest absolute Gasteiger partial charge is 0.497 e. The van der Waals surface area contributed by atoms with Crippen LogP contribution in [-0.2, 0) is 9.59 Å². The van der Waals surface area contributed by atoms with E-state index in [0.717, 1.165) is 51.3 Å². The minimum atomic E-state index is 0.0754. The highest BCUT2D eigenvalue weighted by Crippen LogP contribution is 2.32. The number of methoxy groups -OCH3 is 1. The van der Waals surface area contributed by atoms with Gasteiger partial charge in [0.1, 0.15) is 5.75 Å². The van der Waals surface area contributed by atoms with E-state index < -0.39 is 0 Å². The minimum Gasteiger partial charge on any atom is -0.497 e. The first-order valence-corrected chi connectivity index (χ1v) is 10.3. The molecule has 0 saturated carbocycles. The zero-order valence-corrected chi connectivity index (χ0v) is 17.0. The van der Waals surface area contributed by atoms with Gasteiger partial charge in [0, 0.05) is 39.3 Å². The lowest BCUT2D eigenvalue weighted by Crippen LogP contribution is -2.51. The first-order valence-electron chi connectivity index (χ1n) is 10.3. The van der Waals surface area contributed by atoms with Crippen molar-refractivity contribution >= 4 is 11.8 Å². The number of nitrogens with one attached hydrogen (secondary N) is 1. The topological polar surface area (TPSA) is 65.1 Å². The molecule has 1 atom stereocenters. The van der Waals surface area contributed by atoms with Gasteiger partial charge in [0.25, 0.3) is 0 Å². The number of carbonyl (C=O) groups excluding carboxylic acids is 2. The quantitative estimate of drug-likeness (QED) is 0.758. The van der Waals surface area contributed by atoms with Gasteiger partial charge in [0.15, 0.2) is 0 Å². The van der Waals surface area contributed by atoms with Crippen molar-refractivity contribution in [2.45, 2.75) is 25.8 Å². The van der Waals surface area contributed by atoms with Crippen LogP contribution in [0.25, 0.3) is 0 Å². The second kappa shape index (κ2) is 9.89. The van der Waals surface area contributed by atoms with Crippen LogP contribution in [0.3, 0.4) is 0 Å². The van der Waals surface area contributed by atoms with E-state index in [4.69, 9.17) is 4.74 Å². The molecule has 2 amide bonds. The summed E-state index contributed by atoms with van der Waals surface area (Å²) in [6, 6.07) is 8.22. The molecule has 2 saturated heterocycles. The molecule has 1 N–H and O–H groups in total. The van der Waals surface area contributed by atoms with Crippen molar-refractivity contribution < 1.29 is 14.3 Å². The van der Waals surface area contributed by atoms with E-state index in [1.54, 1.807) is 7.11 Å². The number of piperazine rings is 1. The van der Waals surface area contributed by atoms with Crippen molar-refractivity contribution in [2.75, 3.05) is 59.5 Å². The molecule has 0 spiro atoms. The Morgan fingerprint density at radius 3 is 2.29 bits per heavy atom. The number of likely N-dealkylation sites (N-methyl/N-ethyl adjacent to an activating group) is 1. The fourth-order valence-electron chi connectivity index (χ4n) is 4.08. The molecule has 2 aliphatic heterocycles. The predicted molar refractivity (Wildman–Crippen MR) is 108 cm³/mol. The first kappa shape index (κ1) is 20.6. The van der Waals surface area contributed by atoms with Crippen LogP contribution in [0.2, 0.25) is 0 Å². The van der Waals surface area contributed by atoms with Gasteiger partial charge in [-0.2, -0.15) is 0 Å². The van der Waals surface area contributed by atoms with Gasteiger partial charge in [0.2, 0.25) is 11.8 Å². The zero-order valence-electron chi connectivity index (χ0n) is 17.0. The summed E-state index contributed by atoms with van der Waals surface area (Å²) in [5.41, 5.74) is 1.18.